The molecule has 0 radical (unpaired) electrons. The molecule has 0 fully saturated rings. The number of unbranched alkanes of at least 4 members (excludes halogenated alkanes) is 5. The van der Waals surface area contributed by atoms with E-state index in [-0.39, 0.29) is 24.5 Å². The van der Waals surface area contributed by atoms with E-state index in [2.05, 4.69) is 57.3 Å². The molecule has 2 rings (SSSR count). The van der Waals surface area contributed by atoms with Gasteiger partial charge >= 0.3 is 5.97 Å². The summed E-state index contributed by atoms with van der Waals surface area (Å²) in [6.45, 7) is 9.67. The summed E-state index contributed by atoms with van der Waals surface area (Å²) in [5.74, 6) is 0.561. The Kier molecular flexibility index (Phi) is 13.2. The standard InChI is InChI=1S/C29H43NO3S/c1-6-7-8-9-10-11-20-30-23(4)29(25-14-18-27(19-15-25)34-22(2)3)33-28(31)21-24-12-16-26(32-5)17-13-24/h12-19,22-23,29-30H,6-11,20-21H2,1-5H3. The molecule has 34 heavy (non-hydrogen) atoms. The molecule has 0 aliphatic heterocycles. The van der Waals surface area contributed by atoms with Crippen LogP contribution in [0.1, 0.15) is 83.5 Å². The van der Waals surface area contributed by atoms with Crippen LogP contribution in [0, 0.1) is 0 Å². The van der Waals surface area contributed by atoms with E-state index in [9.17, 15) is 4.79 Å². The first-order valence-electron chi connectivity index (χ1n) is 12.7. The number of rotatable bonds is 16. The third-order valence-electron chi connectivity index (χ3n) is 5.80. The predicted octanol–water partition coefficient (Wildman–Crippen LogP) is 7.36. The zero-order valence-corrected chi connectivity index (χ0v) is 22.5. The van der Waals surface area contributed by atoms with Crippen LogP contribution >= 0.6 is 11.8 Å². The zero-order valence-electron chi connectivity index (χ0n) is 21.6. The Morgan fingerprint density at radius 3 is 2.18 bits per heavy atom. The molecule has 4 nitrogen and oxygen atoms in total. The lowest BCUT2D eigenvalue weighted by Crippen LogP contribution is -2.35. The monoisotopic (exact) mass is 485 g/mol. The van der Waals surface area contributed by atoms with Crippen LogP contribution in [0.2, 0.25) is 0 Å². The second-order valence-corrected chi connectivity index (χ2v) is 10.8. The largest absolute Gasteiger partial charge is 0.497 e. The molecule has 0 saturated heterocycles. The van der Waals surface area contributed by atoms with Crippen molar-refractivity contribution in [2.75, 3.05) is 13.7 Å². The third kappa shape index (κ3) is 10.5. The van der Waals surface area contributed by atoms with Crippen LogP contribution in [-0.2, 0) is 16.0 Å². The first-order chi connectivity index (χ1) is 16.4. The number of carbonyl (C=O) groups excluding carboxylic acids is 1. The average molecular weight is 486 g/mol. The highest BCUT2D eigenvalue weighted by atomic mass is 32.2. The highest BCUT2D eigenvalue weighted by Gasteiger charge is 2.23. The van der Waals surface area contributed by atoms with Gasteiger partial charge in [0.25, 0.3) is 0 Å². The number of thioether (sulfide) groups is 1. The Morgan fingerprint density at radius 2 is 1.56 bits per heavy atom. The van der Waals surface area contributed by atoms with Gasteiger partial charge < -0.3 is 14.8 Å². The Hall–Kier alpha value is -1.98. The van der Waals surface area contributed by atoms with Gasteiger partial charge in [0.05, 0.1) is 13.5 Å². The smallest absolute Gasteiger partial charge is 0.310 e. The number of esters is 1. The SMILES string of the molecule is CCCCCCCCNC(C)C(OC(=O)Cc1ccc(OC)cc1)c1ccc(SC(C)C)cc1. The molecule has 0 bridgehead atoms. The average Bonchev–Trinajstić information content (AvgIpc) is 2.82. The number of nitrogens with one attached hydrogen (secondary N) is 1. The van der Waals surface area contributed by atoms with Crippen LogP contribution in [0.15, 0.2) is 53.4 Å². The van der Waals surface area contributed by atoms with Crippen molar-refractivity contribution >= 4 is 17.7 Å². The highest BCUT2D eigenvalue weighted by molar-refractivity contribution is 7.99. The number of ether oxygens (including phenoxy) is 2. The topological polar surface area (TPSA) is 47.6 Å². The van der Waals surface area contributed by atoms with Crippen molar-refractivity contribution in [1.82, 2.24) is 5.32 Å². The van der Waals surface area contributed by atoms with Crippen molar-refractivity contribution in [3.63, 3.8) is 0 Å². The maximum Gasteiger partial charge on any atom is 0.310 e. The van der Waals surface area contributed by atoms with Crippen LogP contribution in [0.5, 0.6) is 5.75 Å². The van der Waals surface area contributed by atoms with Crippen molar-refractivity contribution in [3.8, 4) is 5.75 Å². The molecule has 1 N–H and O–H groups in total. The molecule has 0 heterocycles. The number of hydrogen-bond donors (Lipinski definition) is 1. The third-order valence-corrected chi connectivity index (χ3v) is 6.81. The van der Waals surface area contributed by atoms with E-state index in [1.807, 2.05) is 36.0 Å². The quantitative estimate of drug-likeness (QED) is 0.153. The molecular weight excluding hydrogens is 442 g/mol. The van der Waals surface area contributed by atoms with E-state index in [4.69, 9.17) is 9.47 Å². The summed E-state index contributed by atoms with van der Waals surface area (Å²) in [4.78, 5) is 14.1. The molecule has 2 aromatic rings. The van der Waals surface area contributed by atoms with Crippen molar-refractivity contribution in [2.45, 2.75) is 94.9 Å². The summed E-state index contributed by atoms with van der Waals surface area (Å²) in [5.41, 5.74) is 1.94. The first-order valence-corrected chi connectivity index (χ1v) is 13.6. The lowest BCUT2D eigenvalue weighted by Gasteiger charge is -2.26. The summed E-state index contributed by atoms with van der Waals surface area (Å²) in [6.07, 6.45) is 7.49. The molecule has 2 atom stereocenters. The Morgan fingerprint density at radius 1 is 0.912 bits per heavy atom. The summed E-state index contributed by atoms with van der Waals surface area (Å²) in [7, 11) is 1.64. The summed E-state index contributed by atoms with van der Waals surface area (Å²) in [6, 6.07) is 16.0. The van der Waals surface area contributed by atoms with Gasteiger partial charge in [-0.25, -0.2) is 0 Å². The van der Waals surface area contributed by atoms with Gasteiger partial charge in [-0.05, 0) is 55.3 Å². The van der Waals surface area contributed by atoms with Crippen molar-refractivity contribution in [1.29, 1.82) is 0 Å². The lowest BCUT2D eigenvalue weighted by atomic mass is 10.0. The van der Waals surface area contributed by atoms with Crippen LogP contribution in [0.25, 0.3) is 0 Å². The Balaban J connectivity index is 2.01. The second-order valence-electron chi connectivity index (χ2n) is 9.18. The molecular formula is C29H43NO3S. The second kappa shape index (κ2) is 15.8. The molecule has 5 heteroatoms. The van der Waals surface area contributed by atoms with E-state index < -0.39 is 0 Å². The van der Waals surface area contributed by atoms with Gasteiger partial charge in [0.1, 0.15) is 11.9 Å². The van der Waals surface area contributed by atoms with E-state index >= 15 is 0 Å². The van der Waals surface area contributed by atoms with Crippen molar-refractivity contribution in [2.24, 2.45) is 0 Å². The molecule has 0 aromatic heterocycles. The van der Waals surface area contributed by atoms with Crippen LogP contribution < -0.4 is 10.1 Å². The van der Waals surface area contributed by atoms with E-state index in [1.54, 1.807) is 7.11 Å². The Bertz CT molecular complexity index is 820. The maximum absolute atomic E-state index is 12.9. The minimum Gasteiger partial charge on any atom is -0.497 e. The maximum atomic E-state index is 12.9. The van der Waals surface area contributed by atoms with Crippen molar-refractivity contribution < 1.29 is 14.3 Å². The van der Waals surface area contributed by atoms with Gasteiger partial charge in [-0.3, -0.25) is 4.79 Å². The Labute approximate surface area is 211 Å². The number of benzene rings is 2. The molecule has 0 aliphatic rings. The molecule has 0 aliphatic carbocycles. The fourth-order valence-corrected chi connectivity index (χ4v) is 4.74. The fraction of sp³-hybridized carbons (Fsp3) is 0.552. The first kappa shape index (κ1) is 28.3. The minimum absolute atomic E-state index is 0.0269. The lowest BCUT2D eigenvalue weighted by molar-refractivity contribution is -0.150. The number of methoxy groups -OCH3 is 1. The predicted molar refractivity (Wildman–Crippen MR) is 144 cm³/mol. The summed E-state index contributed by atoms with van der Waals surface area (Å²) >= 11 is 1.84. The number of carbonyl (C=O) groups is 1. The summed E-state index contributed by atoms with van der Waals surface area (Å²) in [5, 5.41) is 4.13. The van der Waals surface area contributed by atoms with Crippen LogP contribution in [0.3, 0.4) is 0 Å². The molecule has 0 amide bonds. The van der Waals surface area contributed by atoms with Gasteiger partial charge in [-0.2, -0.15) is 0 Å². The van der Waals surface area contributed by atoms with Gasteiger partial charge in [0.15, 0.2) is 0 Å². The van der Waals surface area contributed by atoms with Crippen LogP contribution in [-0.4, -0.2) is 30.9 Å². The zero-order chi connectivity index (χ0) is 24.8. The highest BCUT2D eigenvalue weighted by Crippen LogP contribution is 2.28. The van der Waals surface area contributed by atoms with E-state index in [0.717, 1.165) is 29.8 Å². The van der Waals surface area contributed by atoms with Gasteiger partial charge in [0.2, 0.25) is 0 Å². The van der Waals surface area contributed by atoms with Gasteiger partial charge in [0, 0.05) is 16.2 Å². The molecule has 0 spiro atoms. The van der Waals surface area contributed by atoms with Crippen molar-refractivity contribution in [3.05, 3.63) is 59.7 Å². The summed E-state index contributed by atoms with van der Waals surface area (Å²) < 4.78 is 11.3. The molecule has 2 aromatic carbocycles. The fourth-order valence-electron chi connectivity index (χ4n) is 3.90. The van der Waals surface area contributed by atoms with E-state index in [1.165, 1.54) is 37.0 Å². The van der Waals surface area contributed by atoms with E-state index in [0.29, 0.717) is 5.25 Å². The molecule has 188 valence electrons. The van der Waals surface area contributed by atoms with Crippen LogP contribution in [0.4, 0.5) is 0 Å². The number of hydrogen-bond acceptors (Lipinski definition) is 5. The van der Waals surface area contributed by atoms with Gasteiger partial charge in [-0.1, -0.05) is 77.1 Å². The molecule has 2 unspecified atom stereocenters. The normalized spacial score (nSPS) is 13.0. The minimum atomic E-state index is -0.330. The van der Waals surface area contributed by atoms with Gasteiger partial charge in [-0.15, -0.1) is 11.8 Å². The molecule has 0 saturated carbocycles.